The molecule has 3 rings (SSSR count). The van der Waals surface area contributed by atoms with E-state index in [4.69, 9.17) is 4.74 Å². The summed E-state index contributed by atoms with van der Waals surface area (Å²) in [6.45, 7) is 4.46. The molecule has 2 N–H and O–H groups in total. The fourth-order valence-corrected chi connectivity index (χ4v) is 2.76. The van der Waals surface area contributed by atoms with E-state index in [2.05, 4.69) is 27.5 Å². The van der Waals surface area contributed by atoms with Crippen LogP contribution in [0.25, 0.3) is 0 Å². The van der Waals surface area contributed by atoms with Crippen LogP contribution in [-0.4, -0.2) is 23.0 Å². The van der Waals surface area contributed by atoms with Gasteiger partial charge in [-0.15, -0.1) is 0 Å². The first-order chi connectivity index (χ1) is 13.6. The summed E-state index contributed by atoms with van der Waals surface area (Å²) in [4.78, 5) is 21.2. The summed E-state index contributed by atoms with van der Waals surface area (Å²) < 4.78 is 5.23. The standard InChI is InChI=1S/C22H24N4O2/c1-4-16-8-10-18(11-9-16)26-21(27)20-14-24-22(25-15(20)2)23-13-17-6-5-7-19(12-17)28-3/h5-12,14H,4,13H2,1-3H3,(H,26,27)(H,23,24,25). The molecule has 0 aliphatic heterocycles. The van der Waals surface area contributed by atoms with Crippen molar-refractivity contribution in [2.45, 2.75) is 26.8 Å². The second-order valence-electron chi connectivity index (χ2n) is 6.40. The second kappa shape index (κ2) is 8.99. The van der Waals surface area contributed by atoms with Gasteiger partial charge in [0.2, 0.25) is 5.95 Å². The average Bonchev–Trinajstić information content (AvgIpc) is 2.73. The molecular weight excluding hydrogens is 352 g/mol. The molecule has 0 atom stereocenters. The number of nitrogens with one attached hydrogen (secondary N) is 2. The summed E-state index contributed by atoms with van der Waals surface area (Å²) in [7, 11) is 1.64. The van der Waals surface area contributed by atoms with E-state index in [-0.39, 0.29) is 5.91 Å². The van der Waals surface area contributed by atoms with Crippen molar-refractivity contribution < 1.29 is 9.53 Å². The molecule has 0 aliphatic rings. The van der Waals surface area contributed by atoms with Gasteiger partial charge in [-0.25, -0.2) is 9.97 Å². The zero-order valence-corrected chi connectivity index (χ0v) is 16.3. The molecule has 0 radical (unpaired) electrons. The maximum Gasteiger partial charge on any atom is 0.259 e. The Balaban J connectivity index is 1.64. The van der Waals surface area contributed by atoms with Crippen LogP contribution in [0.2, 0.25) is 0 Å². The Morgan fingerprint density at radius 1 is 1.11 bits per heavy atom. The Morgan fingerprint density at radius 2 is 1.89 bits per heavy atom. The highest BCUT2D eigenvalue weighted by atomic mass is 16.5. The number of carbonyl (C=O) groups is 1. The molecule has 0 unspecified atom stereocenters. The number of amides is 1. The van der Waals surface area contributed by atoms with Gasteiger partial charge in [0, 0.05) is 18.4 Å². The van der Waals surface area contributed by atoms with Crippen molar-refractivity contribution in [1.29, 1.82) is 0 Å². The van der Waals surface area contributed by atoms with Crippen molar-refractivity contribution in [3.05, 3.63) is 77.1 Å². The summed E-state index contributed by atoms with van der Waals surface area (Å²) in [6, 6.07) is 15.6. The molecule has 0 aliphatic carbocycles. The molecule has 0 bridgehead atoms. The molecule has 144 valence electrons. The van der Waals surface area contributed by atoms with Gasteiger partial charge in [-0.2, -0.15) is 0 Å². The number of rotatable bonds is 7. The number of carbonyl (C=O) groups excluding carboxylic acids is 1. The third-order valence-electron chi connectivity index (χ3n) is 4.43. The highest BCUT2D eigenvalue weighted by molar-refractivity contribution is 6.04. The van der Waals surface area contributed by atoms with Gasteiger partial charge < -0.3 is 15.4 Å². The summed E-state index contributed by atoms with van der Waals surface area (Å²) in [5, 5.41) is 6.06. The predicted molar refractivity (Wildman–Crippen MR) is 111 cm³/mol. The Labute approximate surface area is 165 Å². The number of benzene rings is 2. The SMILES string of the molecule is CCc1ccc(NC(=O)c2cnc(NCc3cccc(OC)c3)nc2C)cc1. The summed E-state index contributed by atoms with van der Waals surface area (Å²) >= 11 is 0. The molecule has 0 saturated heterocycles. The van der Waals surface area contributed by atoms with E-state index in [1.165, 1.54) is 5.56 Å². The van der Waals surface area contributed by atoms with Crippen LogP contribution in [0.5, 0.6) is 5.75 Å². The highest BCUT2D eigenvalue weighted by Gasteiger charge is 2.12. The first-order valence-electron chi connectivity index (χ1n) is 9.19. The van der Waals surface area contributed by atoms with Crippen LogP contribution in [0.1, 0.15) is 34.1 Å². The maximum absolute atomic E-state index is 12.5. The second-order valence-corrected chi connectivity index (χ2v) is 6.40. The quantitative estimate of drug-likeness (QED) is 0.646. The van der Waals surface area contributed by atoms with Gasteiger partial charge in [0.05, 0.1) is 18.4 Å². The molecule has 6 nitrogen and oxygen atoms in total. The van der Waals surface area contributed by atoms with E-state index >= 15 is 0 Å². The Morgan fingerprint density at radius 3 is 2.57 bits per heavy atom. The van der Waals surface area contributed by atoms with Crippen molar-refractivity contribution in [1.82, 2.24) is 9.97 Å². The predicted octanol–water partition coefficient (Wildman–Crippen LogP) is 4.22. The van der Waals surface area contributed by atoms with Crippen molar-refractivity contribution in [3.63, 3.8) is 0 Å². The van der Waals surface area contributed by atoms with Crippen LogP contribution in [0.4, 0.5) is 11.6 Å². The monoisotopic (exact) mass is 376 g/mol. The molecule has 0 fully saturated rings. The minimum atomic E-state index is -0.221. The number of anilines is 2. The molecular formula is C22H24N4O2. The van der Waals surface area contributed by atoms with Crippen LogP contribution in [-0.2, 0) is 13.0 Å². The maximum atomic E-state index is 12.5. The van der Waals surface area contributed by atoms with Crippen molar-refractivity contribution >= 4 is 17.5 Å². The number of ether oxygens (including phenoxy) is 1. The van der Waals surface area contributed by atoms with E-state index in [0.717, 1.165) is 23.4 Å². The molecule has 1 amide bonds. The number of aromatic nitrogens is 2. The minimum Gasteiger partial charge on any atom is -0.497 e. The van der Waals surface area contributed by atoms with E-state index in [0.29, 0.717) is 23.8 Å². The molecule has 1 heterocycles. The van der Waals surface area contributed by atoms with Crippen LogP contribution in [0.15, 0.2) is 54.7 Å². The smallest absolute Gasteiger partial charge is 0.259 e. The van der Waals surface area contributed by atoms with Gasteiger partial charge in [-0.1, -0.05) is 31.2 Å². The molecule has 0 spiro atoms. The van der Waals surface area contributed by atoms with Crippen molar-refractivity contribution in [3.8, 4) is 5.75 Å². The Bertz CT molecular complexity index is 955. The normalized spacial score (nSPS) is 10.4. The van der Waals surface area contributed by atoms with Crippen LogP contribution in [0.3, 0.4) is 0 Å². The van der Waals surface area contributed by atoms with Gasteiger partial charge in [0.1, 0.15) is 5.75 Å². The van der Waals surface area contributed by atoms with Crippen molar-refractivity contribution in [2.24, 2.45) is 0 Å². The van der Waals surface area contributed by atoms with Crippen molar-refractivity contribution in [2.75, 3.05) is 17.7 Å². The summed E-state index contributed by atoms with van der Waals surface area (Å²) in [5.74, 6) is 1.06. The van der Waals surface area contributed by atoms with Crippen LogP contribution >= 0.6 is 0 Å². The molecule has 0 saturated carbocycles. The lowest BCUT2D eigenvalue weighted by Gasteiger charge is -2.10. The summed E-state index contributed by atoms with van der Waals surface area (Å²) in [6.07, 6.45) is 2.51. The number of methoxy groups -OCH3 is 1. The lowest BCUT2D eigenvalue weighted by molar-refractivity contribution is 0.102. The number of hydrogen-bond acceptors (Lipinski definition) is 5. The topological polar surface area (TPSA) is 76.1 Å². The zero-order valence-electron chi connectivity index (χ0n) is 16.3. The van der Waals surface area contributed by atoms with Gasteiger partial charge in [-0.05, 0) is 48.7 Å². The third kappa shape index (κ3) is 4.85. The number of aryl methyl sites for hydroxylation is 2. The van der Waals surface area contributed by atoms with E-state index in [9.17, 15) is 4.79 Å². The highest BCUT2D eigenvalue weighted by Crippen LogP contribution is 2.15. The molecule has 3 aromatic rings. The first-order valence-corrected chi connectivity index (χ1v) is 9.19. The number of nitrogens with zero attached hydrogens (tertiary/aromatic N) is 2. The Hall–Kier alpha value is -3.41. The van der Waals surface area contributed by atoms with E-state index < -0.39 is 0 Å². The number of hydrogen-bond donors (Lipinski definition) is 2. The fourth-order valence-electron chi connectivity index (χ4n) is 2.76. The van der Waals surface area contributed by atoms with Crippen LogP contribution in [0, 0.1) is 6.92 Å². The molecule has 1 aromatic heterocycles. The third-order valence-corrected chi connectivity index (χ3v) is 4.43. The molecule has 6 heteroatoms. The van der Waals surface area contributed by atoms with Crippen LogP contribution < -0.4 is 15.4 Å². The fraction of sp³-hybridized carbons (Fsp3) is 0.227. The largest absolute Gasteiger partial charge is 0.497 e. The Kier molecular flexibility index (Phi) is 6.22. The zero-order chi connectivity index (χ0) is 19.9. The minimum absolute atomic E-state index is 0.221. The molecule has 28 heavy (non-hydrogen) atoms. The lowest BCUT2D eigenvalue weighted by atomic mass is 10.1. The van der Waals surface area contributed by atoms with E-state index in [1.54, 1.807) is 20.2 Å². The van der Waals surface area contributed by atoms with Gasteiger partial charge in [-0.3, -0.25) is 4.79 Å². The summed E-state index contributed by atoms with van der Waals surface area (Å²) in [5.41, 5.74) is 4.10. The van der Waals surface area contributed by atoms with Gasteiger partial charge in [0.25, 0.3) is 5.91 Å². The van der Waals surface area contributed by atoms with Gasteiger partial charge >= 0.3 is 0 Å². The van der Waals surface area contributed by atoms with E-state index in [1.807, 2.05) is 48.5 Å². The first kappa shape index (κ1) is 19.4. The lowest BCUT2D eigenvalue weighted by Crippen LogP contribution is -2.15. The molecule has 2 aromatic carbocycles. The van der Waals surface area contributed by atoms with Gasteiger partial charge in [0.15, 0.2) is 0 Å². The average molecular weight is 376 g/mol.